The molecule has 0 bridgehead atoms. The summed E-state index contributed by atoms with van der Waals surface area (Å²) in [5.41, 5.74) is 0. The van der Waals surface area contributed by atoms with E-state index in [0.717, 1.165) is 25.9 Å². The van der Waals surface area contributed by atoms with Crippen LogP contribution in [0.1, 0.15) is 39.0 Å². The zero-order valence-corrected chi connectivity index (χ0v) is 12.2. The summed E-state index contributed by atoms with van der Waals surface area (Å²) in [5.74, 6) is 1.23. The average Bonchev–Trinajstić information content (AvgIpc) is 2.29. The van der Waals surface area contributed by atoms with Crippen molar-refractivity contribution in [1.29, 1.82) is 0 Å². The topological polar surface area (TPSA) is 46.2 Å². The van der Waals surface area contributed by atoms with E-state index >= 15 is 0 Å². The van der Waals surface area contributed by atoms with Gasteiger partial charge in [-0.1, -0.05) is 13.3 Å². The van der Waals surface area contributed by atoms with Gasteiger partial charge in [-0.15, -0.1) is 11.6 Å². The zero-order valence-electron chi connectivity index (χ0n) is 10.6. The van der Waals surface area contributed by atoms with E-state index in [0.29, 0.717) is 23.5 Å². The van der Waals surface area contributed by atoms with E-state index in [1.54, 1.807) is 6.92 Å². The van der Waals surface area contributed by atoms with Crippen molar-refractivity contribution in [2.75, 3.05) is 24.6 Å². The zero-order chi connectivity index (χ0) is 12.7. The maximum Gasteiger partial charge on any atom is 0.150 e. The van der Waals surface area contributed by atoms with Gasteiger partial charge in [0.2, 0.25) is 0 Å². The van der Waals surface area contributed by atoms with Crippen molar-refractivity contribution in [2.45, 2.75) is 44.4 Å². The molecule has 102 valence electrons. The van der Waals surface area contributed by atoms with Crippen LogP contribution in [0.3, 0.4) is 0 Å². The van der Waals surface area contributed by atoms with Crippen molar-refractivity contribution in [1.82, 2.24) is 5.32 Å². The van der Waals surface area contributed by atoms with Crippen LogP contribution in [-0.4, -0.2) is 38.4 Å². The van der Waals surface area contributed by atoms with E-state index in [9.17, 15) is 8.42 Å². The fraction of sp³-hybridized carbons (Fsp3) is 1.00. The SMILES string of the molecule is CCS(=O)(=O)CCCNCC1CCCC(Cl)C1. The van der Waals surface area contributed by atoms with Crippen molar-refractivity contribution < 1.29 is 8.42 Å². The quantitative estimate of drug-likeness (QED) is 0.575. The van der Waals surface area contributed by atoms with Crippen LogP contribution in [0.25, 0.3) is 0 Å². The molecule has 0 radical (unpaired) electrons. The normalized spacial score (nSPS) is 26.0. The number of nitrogens with one attached hydrogen (secondary N) is 1. The summed E-state index contributed by atoms with van der Waals surface area (Å²) >= 11 is 6.12. The molecule has 17 heavy (non-hydrogen) atoms. The van der Waals surface area contributed by atoms with Crippen LogP contribution >= 0.6 is 11.6 Å². The Morgan fingerprint density at radius 2 is 2.12 bits per heavy atom. The Labute approximate surface area is 110 Å². The van der Waals surface area contributed by atoms with E-state index in [4.69, 9.17) is 11.6 Å². The molecule has 0 aromatic carbocycles. The minimum absolute atomic E-state index is 0.254. The molecule has 1 aliphatic carbocycles. The second kappa shape index (κ2) is 7.59. The van der Waals surface area contributed by atoms with E-state index in [-0.39, 0.29) is 5.75 Å². The molecule has 2 atom stereocenters. The summed E-state index contributed by atoms with van der Waals surface area (Å²) in [6.07, 6.45) is 5.44. The Kier molecular flexibility index (Phi) is 6.82. The summed E-state index contributed by atoms with van der Waals surface area (Å²) in [4.78, 5) is 0. The average molecular weight is 282 g/mol. The predicted octanol–water partition coefficient (Wildman–Crippen LogP) is 2.20. The molecule has 1 fully saturated rings. The Morgan fingerprint density at radius 1 is 1.35 bits per heavy atom. The minimum Gasteiger partial charge on any atom is -0.316 e. The Bertz CT molecular complexity index is 306. The molecule has 0 saturated heterocycles. The second-order valence-corrected chi connectivity index (χ2v) is 8.01. The van der Waals surface area contributed by atoms with Crippen molar-refractivity contribution in [3.63, 3.8) is 0 Å². The number of sulfone groups is 1. The Balaban J connectivity index is 2.04. The molecule has 5 heteroatoms. The highest BCUT2D eigenvalue weighted by Crippen LogP contribution is 2.27. The standard InChI is InChI=1S/C12H24ClNO2S/c1-2-17(15,16)8-4-7-14-10-11-5-3-6-12(13)9-11/h11-12,14H,2-10H2,1H3. The summed E-state index contributed by atoms with van der Waals surface area (Å²) in [6, 6.07) is 0. The van der Waals surface area contributed by atoms with Gasteiger partial charge in [-0.3, -0.25) is 0 Å². The molecular weight excluding hydrogens is 258 g/mol. The smallest absolute Gasteiger partial charge is 0.150 e. The Morgan fingerprint density at radius 3 is 2.76 bits per heavy atom. The van der Waals surface area contributed by atoms with Gasteiger partial charge in [0.15, 0.2) is 0 Å². The minimum atomic E-state index is -2.79. The van der Waals surface area contributed by atoms with Gasteiger partial charge in [0.25, 0.3) is 0 Å². The first kappa shape index (κ1) is 15.3. The van der Waals surface area contributed by atoms with Gasteiger partial charge in [0.1, 0.15) is 9.84 Å². The number of rotatable bonds is 7. The molecule has 2 unspecified atom stereocenters. The number of alkyl halides is 1. The Hall–Kier alpha value is 0.200. The highest BCUT2D eigenvalue weighted by atomic mass is 35.5. The third-order valence-electron chi connectivity index (χ3n) is 3.40. The molecule has 1 saturated carbocycles. The molecule has 0 spiro atoms. The third-order valence-corrected chi connectivity index (χ3v) is 5.59. The van der Waals surface area contributed by atoms with Crippen LogP contribution in [-0.2, 0) is 9.84 Å². The van der Waals surface area contributed by atoms with Gasteiger partial charge in [-0.25, -0.2) is 8.42 Å². The van der Waals surface area contributed by atoms with E-state index < -0.39 is 9.84 Å². The highest BCUT2D eigenvalue weighted by molar-refractivity contribution is 7.91. The van der Waals surface area contributed by atoms with Crippen LogP contribution in [0, 0.1) is 5.92 Å². The van der Waals surface area contributed by atoms with Gasteiger partial charge in [-0.2, -0.15) is 0 Å². The lowest BCUT2D eigenvalue weighted by Crippen LogP contribution is -2.29. The van der Waals surface area contributed by atoms with Gasteiger partial charge in [0, 0.05) is 11.1 Å². The lowest BCUT2D eigenvalue weighted by Gasteiger charge is -2.25. The third kappa shape index (κ3) is 6.63. The van der Waals surface area contributed by atoms with Crippen LogP contribution in [0.15, 0.2) is 0 Å². The molecule has 0 aromatic rings. The lowest BCUT2D eigenvalue weighted by atomic mass is 9.89. The van der Waals surface area contributed by atoms with Crippen LogP contribution in [0.5, 0.6) is 0 Å². The fourth-order valence-electron chi connectivity index (χ4n) is 2.28. The predicted molar refractivity (Wildman–Crippen MR) is 73.4 cm³/mol. The van der Waals surface area contributed by atoms with Crippen LogP contribution in [0.4, 0.5) is 0 Å². The molecule has 3 nitrogen and oxygen atoms in total. The summed E-state index contributed by atoms with van der Waals surface area (Å²) in [5, 5.41) is 3.69. The first-order valence-corrected chi connectivity index (χ1v) is 8.84. The fourth-order valence-corrected chi connectivity index (χ4v) is 3.56. The summed E-state index contributed by atoms with van der Waals surface area (Å²) < 4.78 is 22.5. The summed E-state index contributed by atoms with van der Waals surface area (Å²) in [6.45, 7) is 3.48. The van der Waals surface area contributed by atoms with Gasteiger partial charge in [0.05, 0.1) is 5.75 Å². The highest BCUT2D eigenvalue weighted by Gasteiger charge is 2.19. The maximum absolute atomic E-state index is 11.3. The van der Waals surface area contributed by atoms with Crippen LogP contribution < -0.4 is 5.32 Å². The molecular formula is C12H24ClNO2S. The van der Waals surface area contributed by atoms with E-state index in [2.05, 4.69) is 5.32 Å². The maximum atomic E-state index is 11.3. The van der Waals surface area contributed by atoms with Gasteiger partial charge in [-0.05, 0) is 44.7 Å². The van der Waals surface area contributed by atoms with Gasteiger partial charge < -0.3 is 5.32 Å². The molecule has 1 rings (SSSR count). The summed E-state index contributed by atoms with van der Waals surface area (Å²) in [7, 11) is -2.79. The molecule has 0 amide bonds. The molecule has 1 aliphatic rings. The molecule has 0 aliphatic heterocycles. The first-order chi connectivity index (χ1) is 8.03. The molecule has 0 aromatic heterocycles. The molecule has 0 heterocycles. The van der Waals surface area contributed by atoms with Crippen molar-refractivity contribution >= 4 is 21.4 Å². The van der Waals surface area contributed by atoms with Crippen molar-refractivity contribution in [2.24, 2.45) is 5.92 Å². The van der Waals surface area contributed by atoms with Gasteiger partial charge >= 0.3 is 0 Å². The van der Waals surface area contributed by atoms with Crippen molar-refractivity contribution in [3.8, 4) is 0 Å². The second-order valence-electron chi connectivity index (χ2n) is 4.92. The lowest BCUT2D eigenvalue weighted by molar-refractivity contribution is 0.347. The first-order valence-electron chi connectivity index (χ1n) is 6.58. The largest absolute Gasteiger partial charge is 0.316 e. The number of hydrogen-bond donors (Lipinski definition) is 1. The number of halogens is 1. The van der Waals surface area contributed by atoms with Crippen LogP contribution in [0.2, 0.25) is 0 Å². The molecule has 1 N–H and O–H groups in total. The monoisotopic (exact) mass is 281 g/mol. The van der Waals surface area contributed by atoms with E-state index in [1.807, 2.05) is 0 Å². The van der Waals surface area contributed by atoms with E-state index in [1.165, 1.54) is 12.8 Å². The number of hydrogen-bond acceptors (Lipinski definition) is 3. The van der Waals surface area contributed by atoms with Crippen molar-refractivity contribution in [3.05, 3.63) is 0 Å².